The van der Waals surface area contributed by atoms with Gasteiger partial charge in [0.2, 0.25) is 0 Å². The van der Waals surface area contributed by atoms with Gasteiger partial charge in [-0.05, 0) is 86.7 Å². The predicted octanol–water partition coefficient (Wildman–Crippen LogP) is 6.09. The molecule has 3 fully saturated rings. The van der Waals surface area contributed by atoms with Gasteiger partial charge in [0.05, 0.1) is 0 Å². The highest BCUT2D eigenvalue weighted by Gasteiger charge is 2.63. The average Bonchev–Trinajstić information content (AvgIpc) is 3.06. The molecule has 5 nitrogen and oxygen atoms in total. The van der Waals surface area contributed by atoms with Crippen molar-refractivity contribution in [3.63, 3.8) is 0 Å². The summed E-state index contributed by atoms with van der Waals surface area (Å²) in [6, 6.07) is 0. The fourth-order valence-corrected chi connectivity index (χ4v) is 8.54. The van der Waals surface area contributed by atoms with Crippen LogP contribution in [0.1, 0.15) is 93.4 Å². The highest BCUT2D eigenvalue weighted by atomic mass is 16.6. The maximum absolute atomic E-state index is 13.3. The molecule has 4 aliphatic carbocycles. The Morgan fingerprint density at radius 2 is 1.81 bits per heavy atom. The Hall–Kier alpha value is -1.59. The first-order valence-electron chi connectivity index (χ1n) is 13.9. The quantitative estimate of drug-likeness (QED) is 0.446. The number of Topliss-reactive ketones (excluding diaryl/α,β-unsaturated/α-hetero) is 2. The lowest BCUT2D eigenvalue weighted by Crippen LogP contribution is -2.53. The molecular formula is C31H48O5. The molecule has 0 heterocycles. The first kappa shape index (κ1) is 29.0. The van der Waals surface area contributed by atoms with Gasteiger partial charge in [0.25, 0.3) is 0 Å². The highest BCUT2D eigenvalue weighted by molar-refractivity contribution is 6.01. The summed E-state index contributed by atoms with van der Waals surface area (Å²) in [5, 5.41) is 8.60. The molecule has 4 rings (SSSR count). The molecule has 202 valence electrons. The minimum Gasteiger partial charge on any atom is -0.366 e. The van der Waals surface area contributed by atoms with Gasteiger partial charge in [-0.15, -0.1) is 0 Å². The Kier molecular flexibility index (Phi) is 8.57. The van der Waals surface area contributed by atoms with E-state index >= 15 is 0 Å². The fraction of sp³-hybridized carbons (Fsp3) is 0.774. The van der Waals surface area contributed by atoms with E-state index in [1.807, 2.05) is 13.0 Å². The topological polar surface area (TPSA) is 80.7 Å². The smallest absolute Gasteiger partial charge is 0.178 e. The van der Waals surface area contributed by atoms with Gasteiger partial charge in [0.15, 0.2) is 11.6 Å². The summed E-state index contributed by atoms with van der Waals surface area (Å²) < 4.78 is 4.49. The molecule has 8 atom stereocenters. The standard InChI is InChI=1S/C27H38O3.C4H10O2/c1-6-19(28)8-10-23(30)25-16(2)13-22-21-9-7-18-14-20(29)11-12-26(18,4)24(21)17(3)15-27(22,25)5;1-4(2,5)6-3/h11-12,14,16-17,21-22,24-25H,6-10,13,15H2,1-5H3;5H,1-3H3. The normalized spacial score (nSPS) is 39.2. The van der Waals surface area contributed by atoms with Gasteiger partial charge in [0.1, 0.15) is 11.6 Å². The SMILES string of the molecule is CCC(=O)CCC(=O)C1C(C)CC2C3CCC4=CC(=O)C=CC4(C)C3C(C)CC21C.COC(C)(C)O. The van der Waals surface area contributed by atoms with E-state index in [1.54, 1.807) is 19.9 Å². The van der Waals surface area contributed by atoms with Crippen LogP contribution in [0.5, 0.6) is 0 Å². The number of hydrogen-bond donors (Lipinski definition) is 1. The summed E-state index contributed by atoms with van der Waals surface area (Å²) in [4.78, 5) is 37.1. The van der Waals surface area contributed by atoms with Crippen molar-refractivity contribution in [3.05, 3.63) is 23.8 Å². The highest BCUT2D eigenvalue weighted by Crippen LogP contribution is 2.68. The Labute approximate surface area is 218 Å². The molecule has 8 unspecified atom stereocenters. The third kappa shape index (κ3) is 5.48. The van der Waals surface area contributed by atoms with E-state index in [-0.39, 0.29) is 28.3 Å². The number of ether oxygens (including phenoxy) is 1. The van der Waals surface area contributed by atoms with E-state index in [9.17, 15) is 14.4 Å². The average molecular weight is 501 g/mol. The van der Waals surface area contributed by atoms with Crippen LogP contribution in [0.2, 0.25) is 0 Å². The van der Waals surface area contributed by atoms with E-state index in [0.29, 0.717) is 54.6 Å². The Bertz CT molecular complexity index is 924. The summed E-state index contributed by atoms with van der Waals surface area (Å²) >= 11 is 0. The van der Waals surface area contributed by atoms with Crippen molar-refractivity contribution >= 4 is 17.3 Å². The number of methoxy groups -OCH3 is 1. The number of allylic oxidation sites excluding steroid dienone is 4. The van der Waals surface area contributed by atoms with Crippen LogP contribution in [0.15, 0.2) is 23.8 Å². The molecule has 3 saturated carbocycles. The number of ketones is 3. The van der Waals surface area contributed by atoms with Gasteiger partial charge in [-0.2, -0.15) is 0 Å². The van der Waals surface area contributed by atoms with E-state index in [2.05, 4.69) is 38.5 Å². The number of aliphatic hydroxyl groups is 1. The molecular weight excluding hydrogens is 452 g/mol. The van der Waals surface area contributed by atoms with E-state index < -0.39 is 5.79 Å². The first-order chi connectivity index (χ1) is 16.7. The number of rotatable bonds is 6. The van der Waals surface area contributed by atoms with Crippen LogP contribution in [-0.2, 0) is 19.1 Å². The summed E-state index contributed by atoms with van der Waals surface area (Å²) in [6.07, 6.45) is 11.6. The maximum atomic E-state index is 13.3. The van der Waals surface area contributed by atoms with Gasteiger partial charge >= 0.3 is 0 Å². The third-order valence-electron chi connectivity index (χ3n) is 10.0. The summed E-state index contributed by atoms with van der Waals surface area (Å²) in [6.45, 7) is 14.4. The van der Waals surface area contributed by atoms with Crippen LogP contribution < -0.4 is 0 Å². The number of fused-ring (bicyclic) bond motifs is 5. The molecule has 0 aromatic rings. The fourth-order valence-electron chi connectivity index (χ4n) is 8.54. The molecule has 1 N–H and O–H groups in total. The van der Waals surface area contributed by atoms with Crippen LogP contribution in [0.25, 0.3) is 0 Å². The van der Waals surface area contributed by atoms with Crippen LogP contribution in [-0.4, -0.2) is 35.4 Å². The second-order valence-electron chi connectivity index (χ2n) is 12.9. The summed E-state index contributed by atoms with van der Waals surface area (Å²) in [5.41, 5.74) is 1.35. The lowest BCUT2D eigenvalue weighted by atomic mass is 9.45. The molecule has 0 radical (unpaired) electrons. The number of carbonyl (C=O) groups is 3. The zero-order valence-electron chi connectivity index (χ0n) is 23.7. The number of carbonyl (C=O) groups excluding carboxylic acids is 3. The van der Waals surface area contributed by atoms with Crippen LogP contribution >= 0.6 is 0 Å². The van der Waals surface area contributed by atoms with E-state index in [4.69, 9.17) is 5.11 Å². The Balaban J connectivity index is 0.000000538. The van der Waals surface area contributed by atoms with Crippen molar-refractivity contribution in [1.82, 2.24) is 0 Å². The predicted molar refractivity (Wildman–Crippen MR) is 142 cm³/mol. The van der Waals surface area contributed by atoms with Crippen molar-refractivity contribution in [3.8, 4) is 0 Å². The van der Waals surface area contributed by atoms with Crippen LogP contribution in [0.4, 0.5) is 0 Å². The molecule has 0 spiro atoms. The second-order valence-corrected chi connectivity index (χ2v) is 12.9. The van der Waals surface area contributed by atoms with Gasteiger partial charge in [-0.25, -0.2) is 0 Å². The molecule has 0 bridgehead atoms. The Morgan fingerprint density at radius 1 is 1.17 bits per heavy atom. The van der Waals surface area contributed by atoms with Gasteiger partial charge in [-0.1, -0.05) is 46.3 Å². The van der Waals surface area contributed by atoms with Crippen molar-refractivity contribution in [2.24, 2.45) is 46.3 Å². The first-order valence-corrected chi connectivity index (χ1v) is 13.9. The zero-order chi connectivity index (χ0) is 27.1. The number of hydrogen-bond acceptors (Lipinski definition) is 5. The molecule has 4 aliphatic rings. The van der Waals surface area contributed by atoms with E-state index in [1.165, 1.54) is 12.7 Å². The van der Waals surface area contributed by atoms with Gasteiger partial charge in [0, 0.05) is 37.7 Å². The zero-order valence-corrected chi connectivity index (χ0v) is 23.7. The summed E-state index contributed by atoms with van der Waals surface area (Å²) in [5.74, 6) is 2.41. The molecule has 0 aliphatic heterocycles. The maximum Gasteiger partial charge on any atom is 0.178 e. The lowest BCUT2D eigenvalue weighted by molar-refractivity contribution is -0.155. The monoisotopic (exact) mass is 500 g/mol. The largest absolute Gasteiger partial charge is 0.366 e. The third-order valence-corrected chi connectivity index (χ3v) is 10.0. The molecule has 5 heteroatoms. The summed E-state index contributed by atoms with van der Waals surface area (Å²) in [7, 11) is 1.46. The minimum absolute atomic E-state index is 0.0174. The van der Waals surface area contributed by atoms with Crippen molar-refractivity contribution < 1.29 is 24.2 Å². The van der Waals surface area contributed by atoms with Gasteiger partial charge < -0.3 is 9.84 Å². The molecule has 36 heavy (non-hydrogen) atoms. The van der Waals surface area contributed by atoms with Crippen LogP contribution in [0.3, 0.4) is 0 Å². The van der Waals surface area contributed by atoms with Crippen molar-refractivity contribution in [1.29, 1.82) is 0 Å². The van der Waals surface area contributed by atoms with E-state index in [0.717, 1.165) is 25.7 Å². The van der Waals surface area contributed by atoms with Crippen molar-refractivity contribution in [2.45, 2.75) is 99.2 Å². The molecule has 0 aromatic carbocycles. The Morgan fingerprint density at radius 3 is 2.39 bits per heavy atom. The van der Waals surface area contributed by atoms with Gasteiger partial charge in [-0.3, -0.25) is 14.4 Å². The van der Waals surface area contributed by atoms with Crippen LogP contribution in [0, 0.1) is 46.3 Å². The van der Waals surface area contributed by atoms with Crippen molar-refractivity contribution in [2.75, 3.05) is 7.11 Å². The molecule has 0 amide bonds. The second kappa shape index (κ2) is 10.6. The molecule has 0 aromatic heterocycles. The lowest BCUT2D eigenvalue weighted by Gasteiger charge is -2.59. The molecule has 0 saturated heterocycles. The minimum atomic E-state index is -0.958.